The van der Waals surface area contributed by atoms with Crippen LogP contribution in [-0.2, 0) is 6.42 Å². The van der Waals surface area contributed by atoms with E-state index in [1.54, 1.807) is 25.6 Å². The van der Waals surface area contributed by atoms with Crippen LogP contribution in [0, 0.1) is 0 Å². The first kappa shape index (κ1) is 18.2. The van der Waals surface area contributed by atoms with Crippen LogP contribution in [0.1, 0.15) is 46.5 Å². The lowest BCUT2D eigenvalue weighted by Gasteiger charge is -2.31. The van der Waals surface area contributed by atoms with E-state index in [0.29, 0.717) is 31.1 Å². The molecule has 1 fully saturated rings. The van der Waals surface area contributed by atoms with Gasteiger partial charge in [0.05, 0.1) is 19.2 Å². The summed E-state index contributed by atoms with van der Waals surface area (Å²) in [6.07, 6.45) is 7.22. The fourth-order valence-corrected chi connectivity index (χ4v) is 3.57. The van der Waals surface area contributed by atoms with Gasteiger partial charge in [-0.2, -0.15) is 0 Å². The molecule has 1 aromatic carbocycles. The van der Waals surface area contributed by atoms with Gasteiger partial charge >= 0.3 is 0 Å². The molecule has 2 aromatic heterocycles. The van der Waals surface area contributed by atoms with Crippen LogP contribution >= 0.6 is 0 Å². The number of aromatic nitrogens is 3. The summed E-state index contributed by atoms with van der Waals surface area (Å²) < 4.78 is 11.4. The van der Waals surface area contributed by atoms with E-state index < -0.39 is 0 Å². The van der Waals surface area contributed by atoms with E-state index in [0.717, 1.165) is 29.9 Å². The molecule has 4 rings (SSSR count). The van der Waals surface area contributed by atoms with E-state index >= 15 is 0 Å². The molecule has 28 heavy (non-hydrogen) atoms. The zero-order chi connectivity index (χ0) is 19.3. The fourth-order valence-electron chi connectivity index (χ4n) is 3.57. The Morgan fingerprint density at radius 1 is 1.29 bits per heavy atom. The lowest BCUT2D eigenvalue weighted by molar-refractivity contribution is 0.0691. The Morgan fingerprint density at radius 2 is 2.18 bits per heavy atom. The van der Waals surface area contributed by atoms with Gasteiger partial charge in [0, 0.05) is 31.3 Å². The minimum atomic E-state index is -0.0760. The van der Waals surface area contributed by atoms with Crippen LogP contribution < -0.4 is 4.74 Å². The highest BCUT2D eigenvalue weighted by atomic mass is 16.5. The van der Waals surface area contributed by atoms with Crippen molar-refractivity contribution in [1.29, 1.82) is 0 Å². The van der Waals surface area contributed by atoms with Gasteiger partial charge in [-0.05, 0) is 25.0 Å². The van der Waals surface area contributed by atoms with Crippen LogP contribution in [0.4, 0.5) is 0 Å². The Balaban J connectivity index is 1.45. The molecule has 1 amide bonds. The van der Waals surface area contributed by atoms with Crippen LogP contribution in [0.2, 0.25) is 0 Å². The van der Waals surface area contributed by atoms with E-state index in [4.69, 9.17) is 9.15 Å². The highest BCUT2D eigenvalue weighted by Crippen LogP contribution is 2.29. The van der Waals surface area contributed by atoms with E-state index in [9.17, 15) is 4.79 Å². The Labute approximate surface area is 163 Å². The Hall–Kier alpha value is -3.22. The minimum absolute atomic E-state index is 0.0760. The maximum atomic E-state index is 12.7. The number of carbonyl (C=O) groups is 1. The molecule has 144 valence electrons. The quantitative estimate of drug-likeness (QED) is 0.679. The topological polar surface area (TPSA) is 81.4 Å². The number of amides is 1. The zero-order valence-corrected chi connectivity index (χ0v) is 15.7. The number of hydrogen-bond acceptors (Lipinski definition) is 6. The van der Waals surface area contributed by atoms with Crippen LogP contribution in [0.25, 0.3) is 0 Å². The summed E-state index contributed by atoms with van der Waals surface area (Å²) in [4.78, 5) is 26.9. The summed E-state index contributed by atoms with van der Waals surface area (Å²) in [5.74, 6) is 2.32. The molecule has 1 aliphatic rings. The predicted molar refractivity (Wildman–Crippen MR) is 102 cm³/mol. The molecular formula is C21H22N4O3. The molecule has 1 aliphatic heterocycles. The summed E-state index contributed by atoms with van der Waals surface area (Å²) in [6, 6.07) is 9.52. The molecule has 1 saturated heterocycles. The first-order valence-corrected chi connectivity index (χ1v) is 9.36. The number of oxazole rings is 1. The normalized spacial score (nSPS) is 16.8. The molecule has 1 atom stereocenters. The van der Waals surface area contributed by atoms with Crippen molar-refractivity contribution in [3.05, 3.63) is 72.0 Å². The number of nitrogens with zero attached hydrogens (tertiary/aromatic N) is 4. The zero-order valence-electron chi connectivity index (χ0n) is 15.7. The van der Waals surface area contributed by atoms with Gasteiger partial charge in [-0.1, -0.05) is 18.2 Å². The largest absolute Gasteiger partial charge is 0.496 e. The van der Waals surface area contributed by atoms with Gasteiger partial charge in [0.15, 0.2) is 5.89 Å². The maximum Gasteiger partial charge on any atom is 0.272 e. The van der Waals surface area contributed by atoms with Crippen LogP contribution in [0.5, 0.6) is 5.75 Å². The highest BCUT2D eigenvalue weighted by Gasteiger charge is 2.29. The van der Waals surface area contributed by atoms with Crippen molar-refractivity contribution < 1.29 is 13.9 Å². The molecule has 3 heterocycles. The fraction of sp³-hybridized carbons (Fsp3) is 0.333. The molecule has 0 bridgehead atoms. The standard InChI is InChI=1S/C21H22N4O3/c1-27-19-7-3-2-5-15(19)11-17-12-23-20(28-17)16-6-4-10-25(13-16)21(26)18-8-9-22-14-24-18/h2-3,5,7-9,12,14,16H,4,6,10-11,13H2,1H3/t16-/m1/s1. The molecule has 7 heteroatoms. The van der Waals surface area contributed by atoms with Crippen molar-refractivity contribution >= 4 is 5.91 Å². The van der Waals surface area contributed by atoms with Gasteiger partial charge in [0.2, 0.25) is 0 Å². The predicted octanol–water partition coefficient (Wildman–Crippen LogP) is 3.08. The van der Waals surface area contributed by atoms with Crippen LogP contribution in [-0.4, -0.2) is 46.0 Å². The lowest BCUT2D eigenvalue weighted by Crippen LogP contribution is -2.39. The van der Waals surface area contributed by atoms with E-state index in [-0.39, 0.29) is 11.8 Å². The Kier molecular flexibility index (Phi) is 5.32. The number of hydrogen-bond donors (Lipinski definition) is 0. The first-order chi connectivity index (χ1) is 13.7. The van der Waals surface area contributed by atoms with Crippen molar-refractivity contribution in [2.45, 2.75) is 25.2 Å². The van der Waals surface area contributed by atoms with Gasteiger partial charge in [-0.3, -0.25) is 4.79 Å². The van der Waals surface area contributed by atoms with Crippen molar-refractivity contribution in [3.63, 3.8) is 0 Å². The minimum Gasteiger partial charge on any atom is -0.496 e. The maximum absolute atomic E-state index is 12.7. The lowest BCUT2D eigenvalue weighted by atomic mass is 9.97. The molecule has 0 spiro atoms. The second-order valence-corrected chi connectivity index (χ2v) is 6.84. The molecule has 0 saturated carbocycles. The van der Waals surface area contributed by atoms with E-state index in [1.165, 1.54) is 6.33 Å². The third-order valence-electron chi connectivity index (χ3n) is 4.99. The number of carbonyl (C=O) groups excluding carboxylic acids is 1. The van der Waals surface area contributed by atoms with Crippen molar-refractivity contribution in [2.75, 3.05) is 20.2 Å². The highest BCUT2D eigenvalue weighted by molar-refractivity contribution is 5.92. The van der Waals surface area contributed by atoms with Gasteiger partial charge in [-0.15, -0.1) is 0 Å². The van der Waals surface area contributed by atoms with Crippen molar-refractivity contribution in [1.82, 2.24) is 19.9 Å². The molecule has 0 aliphatic carbocycles. The van der Waals surface area contributed by atoms with Crippen LogP contribution in [0.3, 0.4) is 0 Å². The van der Waals surface area contributed by atoms with Crippen molar-refractivity contribution in [2.24, 2.45) is 0 Å². The Bertz CT molecular complexity index is 942. The number of piperidine rings is 1. The smallest absolute Gasteiger partial charge is 0.272 e. The summed E-state index contributed by atoms with van der Waals surface area (Å²) in [7, 11) is 1.66. The van der Waals surface area contributed by atoms with Gasteiger partial charge in [0.25, 0.3) is 5.91 Å². The average Bonchev–Trinajstić information content (AvgIpc) is 3.23. The number of likely N-dealkylation sites (tertiary alicyclic amines) is 1. The van der Waals surface area contributed by atoms with Crippen LogP contribution in [0.15, 0.2) is 53.5 Å². The molecular weight excluding hydrogens is 356 g/mol. The molecule has 0 N–H and O–H groups in total. The number of methoxy groups -OCH3 is 1. The first-order valence-electron chi connectivity index (χ1n) is 9.36. The molecule has 7 nitrogen and oxygen atoms in total. The average molecular weight is 378 g/mol. The monoisotopic (exact) mass is 378 g/mol. The summed E-state index contributed by atoms with van der Waals surface area (Å²) in [5, 5.41) is 0. The number of ether oxygens (including phenoxy) is 1. The van der Waals surface area contributed by atoms with Gasteiger partial charge in [-0.25, -0.2) is 15.0 Å². The molecule has 3 aromatic rings. The summed E-state index contributed by atoms with van der Waals surface area (Å²) in [6.45, 7) is 1.30. The molecule has 0 radical (unpaired) electrons. The van der Waals surface area contributed by atoms with E-state index in [1.807, 2.05) is 29.2 Å². The summed E-state index contributed by atoms with van der Waals surface area (Å²) >= 11 is 0. The van der Waals surface area contributed by atoms with Crippen molar-refractivity contribution in [3.8, 4) is 5.75 Å². The third-order valence-corrected chi connectivity index (χ3v) is 4.99. The summed E-state index contributed by atoms with van der Waals surface area (Å²) in [5.41, 5.74) is 1.47. The molecule has 0 unspecified atom stereocenters. The van der Waals surface area contributed by atoms with Gasteiger partial charge in [0.1, 0.15) is 23.5 Å². The second kappa shape index (κ2) is 8.21. The second-order valence-electron chi connectivity index (χ2n) is 6.84. The van der Waals surface area contributed by atoms with E-state index in [2.05, 4.69) is 15.0 Å². The number of rotatable bonds is 5. The Morgan fingerprint density at radius 3 is 3.00 bits per heavy atom. The number of benzene rings is 1. The number of para-hydroxylation sites is 1. The SMILES string of the molecule is COc1ccccc1Cc1cnc([C@@H]2CCCN(C(=O)c3ccncn3)C2)o1. The third kappa shape index (κ3) is 3.88. The van der Waals surface area contributed by atoms with Gasteiger partial charge < -0.3 is 14.1 Å².